The first-order chi connectivity index (χ1) is 16.1. The first-order valence-electron chi connectivity index (χ1n) is 11.1. The minimum Gasteiger partial charge on any atom is -0.497 e. The Bertz CT molecular complexity index is 1250. The first kappa shape index (κ1) is 22.4. The summed E-state index contributed by atoms with van der Waals surface area (Å²) in [7, 11) is 1.58. The molecule has 0 bridgehead atoms. The summed E-state index contributed by atoms with van der Waals surface area (Å²) in [5.74, 6) is 2.55. The number of hydrogen-bond acceptors (Lipinski definition) is 4. The first-order valence-corrected chi connectivity index (χ1v) is 11.1. The summed E-state index contributed by atoms with van der Waals surface area (Å²) in [6.45, 7) is 5.76. The highest BCUT2D eigenvalue weighted by molar-refractivity contribution is 5.94. The molecular formula is C27H29N3O3. The minimum atomic E-state index is -0.172. The number of nitrogens with zero attached hydrogens (tertiary/aromatic N) is 2. The lowest BCUT2D eigenvalue weighted by atomic mass is 10.0. The zero-order valence-corrected chi connectivity index (χ0v) is 19.2. The predicted molar refractivity (Wildman–Crippen MR) is 130 cm³/mol. The number of rotatable bonds is 9. The number of imidazole rings is 1. The molecule has 4 rings (SSSR count). The van der Waals surface area contributed by atoms with Gasteiger partial charge in [-0.1, -0.05) is 50.2 Å². The fourth-order valence-electron chi connectivity index (χ4n) is 3.87. The van der Waals surface area contributed by atoms with E-state index in [0.29, 0.717) is 36.9 Å². The molecule has 0 aliphatic rings. The molecule has 0 aliphatic heterocycles. The smallest absolute Gasteiger partial charge is 0.251 e. The van der Waals surface area contributed by atoms with E-state index in [2.05, 4.69) is 29.8 Å². The van der Waals surface area contributed by atoms with Crippen LogP contribution in [0.3, 0.4) is 0 Å². The number of para-hydroxylation sites is 3. The summed E-state index contributed by atoms with van der Waals surface area (Å²) in [6.07, 6.45) is 0. The van der Waals surface area contributed by atoms with E-state index in [9.17, 15) is 4.79 Å². The van der Waals surface area contributed by atoms with Crippen LogP contribution in [-0.4, -0.2) is 29.2 Å². The van der Waals surface area contributed by atoms with Crippen molar-refractivity contribution in [1.29, 1.82) is 0 Å². The Hall–Kier alpha value is -3.80. The number of carbonyl (C=O) groups excluding carboxylic acids is 1. The van der Waals surface area contributed by atoms with E-state index >= 15 is 0 Å². The number of methoxy groups -OCH3 is 1. The quantitative estimate of drug-likeness (QED) is 0.387. The summed E-state index contributed by atoms with van der Waals surface area (Å²) >= 11 is 0. The van der Waals surface area contributed by atoms with E-state index < -0.39 is 0 Å². The molecule has 1 heterocycles. The van der Waals surface area contributed by atoms with Crippen LogP contribution in [0.25, 0.3) is 11.0 Å². The van der Waals surface area contributed by atoms with Gasteiger partial charge in [0.05, 0.1) is 31.2 Å². The second-order valence-electron chi connectivity index (χ2n) is 8.12. The molecule has 0 spiro atoms. The Kier molecular flexibility index (Phi) is 6.93. The number of hydrogen-bond donors (Lipinski definition) is 1. The molecule has 0 saturated heterocycles. The lowest BCUT2D eigenvalue weighted by Crippen LogP contribution is -2.25. The maximum absolute atomic E-state index is 12.7. The average molecular weight is 444 g/mol. The van der Waals surface area contributed by atoms with Gasteiger partial charge in [0.2, 0.25) is 0 Å². The Morgan fingerprint density at radius 3 is 2.64 bits per heavy atom. The Balaban J connectivity index is 1.49. The molecule has 4 aromatic rings. The standard InChI is InChI=1S/C27H29N3O3/c1-19(2)22-11-4-7-14-25(22)33-16-15-30-24-13-6-5-12-23(24)29-26(30)18-28-27(31)20-9-8-10-21(17-20)32-3/h4-14,17,19H,15-16,18H2,1-3H3,(H,28,31). The van der Waals surface area contributed by atoms with Crippen LogP contribution >= 0.6 is 0 Å². The summed E-state index contributed by atoms with van der Waals surface area (Å²) in [6, 6.07) is 23.2. The Morgan fingerprint density at radius 1 is 1.03 bits per heavy atom. The molecule has 0 saturated carbocycles. The summed E-state index contributed by atoms with van der Waals surface area (Å²) in [4.78, 5) is 17.4. The lowest BCUT2D eigenvalue weighted by Gasteiger charge is -2.15. The zero-order valence-electron chi connectivity index (χ0n) is 19.2. The number of aromatic nitrogens is 2. The van der Waals surface area contributed by atoms with Crippen LogP contribution in [0.5, 0.6) is 11.5 Å². The van der Waals surface area contributed by atoms with E-state index in [1.807, 2.05) is 48.5 Å². The number of carbonyl (C=O) groups is 1. The van der Waals surface area contributed by atoms with Crippen LogP contribution in [0.4, 0.5) is 0 Å². The third-order valence-electron chi connectivity index (χ3n) is 5.59. The molecule has 0 atom stereocenters. The highest BCUT2D eigenvalue weighted by atomic mass is 16.5. The van der Waals surface area contributed by atoms with Crippen LogP contribution in [-0.2, 0) is 13.1 Å². The van der Waals surface area contributed by atoms with Crippen molar-refractivity contribution in [2.75, 3.05) is 13.7 Å². The molecule has 170 valence electrons. The van der Waals surface area contributed by atoms with Crippen molar-refractivity contribution < 1.29 is 14.3 Å². The number of benzene rings is 3. The number of nitrogens with one attached hydrogen (secondary N) is 1. The van der Waals surface area contributed by atoms with Gasteiger partial charge in [-0.2, -0.15) is 0 Å². The fourth-order valence-corrected chi connectivity index (χ4v) is 3.87. The van der Waals surface area contributed by atoms with Crippen molar-refractivity contribution in [2.45, 2.75) is 32.9 Å². The maximum Gasteiger partial charge on any atom is 0.251 e. The molecular weight excluding hydrogens is 414 g/mol. The van der Waals surface area contributed by atoms with Gasteiger partial charge in [0.15, 0.2) is 0 Å². The van der Waals surface area contributed by atoms with E-state index in [-0.39, 0.29) is 5.91 Å². The normalized spacial score (nSPS) is 11.0. The van der Waals surface area contributed by atoms with Crippen molar-refractivity contribution >= 4 is 16.9 Å². The number of fused-ring (bicyclic) bond motifs is 1. The van der Waals surface area contributed by atoms with E-state index in [4.69, 9.17) is 14.5 Å². The van der Waals surface area contributed by atoms with Gasteiger partial charge in [-0.15, -0.1) is 0 Å². The van der Waals surface area contributed by atoms with Gasteiger partial charge in [-0.25, -0.2) is 4.98 Å². The van der Waals surface area contributed by atoms with Gasteiger partial charge in [-0.3, -0.25) is 4.79 Å². The molecule has 0 fully saturated rings. The molecule has 6 nitrogen and oxygen atoms in total. The van der Waals surface area contributed by atoms with Crippen LogP contribution < -0.4 is 14.8 Å². The fraction of sp³-hybridized carbons (Fsp3) is 0.259. The second kappa shape index (κ2) is 10.2. The zero-order chi connectivity index (χ0) is 23.2. The highest BCUT2D eigenvalue weighted by Gasteiger charge is 2.14. The Morgan fingerprint density at radius 2 is 1.82 bits per heavy atom. The van der Waals surface area contributed by atoms with Crippen LogP contribution in [0.2, 0.25) is 0 Å². The lowest BCUT2D eigenvalue weighted by molar-refractivity contribution is 0.0949. The Labute approximate surface area is 194 Å². The largest absolute Gasteiger partial charge is 0.497 e. The van der Waals surface area contributed by atoms with E-state index in [1.165, 1.54) is 5.56 Å². The third kappa shape index (κ3) is 5.17. The predicted octanol–water partition coefficient (Wildman–Crippen LogP) is 5.18. The van der Waals surface area contributed by atoms with Gasteiger partial charge in [-0.05, 0) is 47.9 Å². The summed E-state index contributed by atoms with van der Waals surface area (Å²) < 4.78 is 13.5. The maximum atomic E-state index is 12.7. The van der Waals surface area contributed by atoms with Crippen molar-refractivity contribution in [2.24, 2.45) is 0 Å². The van der Waals surface area contributed by atoms with Crippen LogP contribution in [0.1, 0.15) is 41.5 Å². The van der Waals surface area contributed by atoms with E-state index in [1.54, 1.807) is 25.3 Å². The topological polar surface area (TPSA) is 65.4 Å². The molecule has 1 amide bonds. The van der Waals surface area contributed by atoms with Crippen molar-refractivity contribution in [3.8, 4) is 11.5 Å². The van der Waals surface area contributed by atoms with Crippen molar-refractivity contribution in [1.82, 2.24) is 14.9 Å². The molecule has 33 heavy (non-hydrogen) atoms. The molecule has 1 aromatic heterocycles. The van der Waals surface area contributed by atoms with Gasteiger partial charge < -0.3 is 19.4 Å². The highest BCUT2D eigenvalue weighted by Crippen LogP contribution is 2.26. The molecule has 6 heteroatoms. The van der Waals surface area contributed by atoms with Crippen molar-refractivity contribution in [3.05, 3.63) is 89.7 Å². The van der Waals surface area contributed by atoms with Gasteiger partial charge >= 0.3 is 0 Å². The van der Waals surface area contributed by atoms with Gasteiger partial charge in [0, 0.05) is 5.56 Å². The van der Waals surface area contributed by atoms with Gasteiger partial charge in [0.1, 0.15) is 23.9 Å². The van der Waals surface area contributed by atoms with E-state index in [0.717, 1.165) is 22.6 Å². The third-order valence-corrected chi connectivity index (χ3v) is 5.59. The second-order valence-corrected chi connectivity index (χ2v) is 8.12. The monoisotopic (exact) mass is 443 g/mol. The van der Waals surface area contributed by atoms with Crippen LogP contribution in [0, 0.1) is 0 Å². The van der Waals surface area contributed by atoms with Gasteiger partial charge in [0.25, 0.3) is 5.91 Å². The van der Waals surface area contributed by atoms with Crippen molar-refractivity contribution in [3.63, 3.8) is 0 Å². The SMILES string of the molecule is COc1cccc(C(=O)NCc2nc3ccccc3n2CCOc2ccccc2C(C)C)c1. The molecule has 1 N–H and O–H groups in total. The number of amides is 1. The number of ether oxygens (including phenoxy) is 2. The molecule has 0 radical (unpaired) electrons. The van der Waals surface area contributed by atoms with Crippen LogP contribution in [0.15, 0.2) is 72.8 Å². The summed E-state index contributed by atoms with van der Waals surface area (Å²) in [5, 5.41) is 2.98. The average Bonchev–Trinajstić information content (AvgIpc) is 3.20. The summed E-state index contributed by atoms with van der Waals surface area (Å²) in [5.41, 5.74) is 3.65. The molecule has 3 aromatic carbocycles. The minimum absolute atomic E-state index is 0.172. The molecule has 0 unspecified atom stereocenters. The molecule has 0 aliphatic carbocycles.